The average molecular weight is 488 g/mol. The van der Waals surface area contributed by atoms with Crippen molar-refractivity contribution in [3.8, 4) is 11.8 Å². The second kappa shape index (κ2) is 10.3. The van der Waals surface area contributed by atoms with E-state index >= 15 is 0 Å². The van der Waals surface area contributed by atoms with Gasteiger partial charge < -0.3 is 14.4 Å². The number of carbonyl (C=O) groups excluding carboxylic acids is 3. The fourth-order valence-electron chi connectivity index (χ4n) is 5.28. The van der Waals surface area contributed by atoms with Gasteiger partial charge in [0.25, 0.3) is 5.91 Å². The number of rotatable bonds is 3. The van der Waals surface area contributed by atoms with E-state index in [1.54, 1.807) is 24.1 Å². The van der Waals surface area contributed by atoms with Crippen molar-refractivity contribution in [1.29, 1.82) is 0 Å². The van der Waals surface area contributed by atoms with Crippen LogP contribution in [0.1, 0.15) is 65.3 Å². The molecule has 2 heterocycles. The number of aryl methyl sites for hydroxylation is 2. The van der Waals surface area contributed by atoms with E-state index in [0.717, 1.165) is 22.3 Å². The number of piperidine rings is 1. The monoisotopic (exact) mass is 487 g/mol. The van der Waals surface area contributed by atoms with Crippen LogP contribution in [-0.2, 0) is 14.3 Å². The number of methoxy groups -OCH3 is 1. The molecular weight excluding hydrogens is 458 g/mol. The van der Waals surface area contributed by atoms with Gasteiger partial charge in [-0.25, -0.2) is 14.8 Å². The van der Waals surface area contributed by atoms with Crippen molar-refractivity contribution in [3.05, 3.63) is 64.4 Å². The molecule has 8 heteroatoms. The molecule has 0 radical (unpaired) electrons. The molecule has 0 bridgehead atoms. The molecule has 1 aromatic heterocycles. The van der Waals surface area contributed by atoms with E-state index in [9.17, 15) is 14.4 Å². The van der Waals surface area contributed by atoms with Crippen LogP contribution < -0.4 is 0 Å². The van der Waals surface area contributed by atoms with Crippen LogP contribution in [0.2, 0.25) is 0 Å². The molecule has 1 aromatic carbocycles. The fourth-order valence-corrected chi connectivity index (χ4v) is 5.28. The summed E-state index contributed by atoms with van der Waals surface area (Å²) in [5.41, 5.74) is 3.80. The molecule has 1 fully saturated rings. The maximum atomic E-state index is 13.7. The van der Waals surface area contributed by atoms with E-state index in [0.29, 0.717) is 55.8 Å². The number of allylic oxidation sites excluding steroid dienone is 2. The van der Waals surface area contributed by atoms with Gasteiger partial charge in [-0.05, 0) is 73.9 Å². The summed E-state index contributed by atoms with van der Waals surface area (Å²) >= 11 is 0. The standard InChI is InChI=1S/C28H29N3O5/c1-5-6-20-13-18(2)24(19(3)14-20)25-22(32)15-28(16-23(25)36-27(34)35-4)8-11-31(12-9-28)26(33)21-7-10-29-17-30-21/h7,10,13-14,17H,8-9,11-12,15-16H2,1-4H3. The highest BCUT2D eigenvalue weighted by Crippen LogP contribution is 2.48. The largest absolute Gasteiger partial charge is 0.513 e. The molecule has 0 saturated carbocycles. The molecular formula is C28H29N3O5. The summed E-state index contributed by atoms with van der Waals surface area (Å²) in [6.07, 6.45) is 3.99. The minimum absolute atomic E-state index is 0.0729. The number of hydrogen-bond acceptors (Lipinski definition) is 7. The van der Waals surface area contributed by atoms with Crippen molar-refractivity contribution < 1.29 is 23.9 Å². The molecule has 36 heavy (non-hydrogen) atoms. The lowest BCUT2D eigenvalue weighted by atomic mass is 9.66. The predicted molar refractivity (Wildman–Crippen MR) is 133 cm³/mol. The second-order valence-electron chi connectivity index (χ2n) is 9.38. The number of aromatic nitrogens is 2. The highest BCUT2D eigenvalue weighted by Gasteiger charge is 2.45. The number of likely N-dealkylation sites (tertiary alicyclic amines) is 1. The Balaban J connectivity index is 1.65. The molecule has 1 aliphatic carbocycles. The predicted octanol–water partition coefficient (Wildman–Crippen LogP) is 4.24. The van der Waals surface area contributed by atoms with E-state index in [1.807, 2.05) is 26.0 Å². The van der Waals surface area contributed by atoms with Crippen molar-refractivity contribution in [2.24, 2.45) is 5.41 Å². The lowest BCUT2D eigenvalue weighted by Gasteiger charge is -2.44. The van der Waals surface area contributed by atoms with Gasteiger partial charge in [-0.2, -0.15) is 0 Å². The number of benzene rings is 1. The summed E-state index contributed by atoms with van der Waals surface area (Å²) in [6.45, 7) is 6.61. The highest BCUT2D eigenvalue weighted by molar-refractivity contribution is 6.23. The smallest absolute Gasteiger partial charge is 0.437 e. The third-order valence-electron chi connectivity index (χ3n) is 6.97. The van der Waals surface area contributed by atoms with Gasteiger partial charge in [0.05, 0.1) is 12.7 Å². The number of amides is 1. The number of ether oxygens (including phenoxy) is 2. The topological polar surface area (TPSA) is 98.7 Å². The van der Waals surface area contributed by atoms with E-state index in [1.165, 1.54) is 13.4 Å². The molecule has 2 aromatic rings. The van der Waals surface area contributed by atoms with Gasteiger partial charge in [0.2, 0.25) is 0 Å². The Kier molecular flexibility index (Phi) is 7.20. The number of hydrogen-bond donors (Lipinski definition) is 0. The maximum absolute atomic E-state index is 13.7. The number of Topliss-reactive ketones (excluding diaryl/α,β-unsaturated/α-hetero) is 1. The van der Waals surface area contributed by atoms with Crippen molar-refractivity contribution >= 4 is 23.4 Å². The van der Waals surface area contributed by atoms with Crippen LogP contribution in [0, 0.1) is 31.1 Å². The van der Waals surface area contributed by atoms with Crippen LogP contribution in [-0.4, -0.2) is 52.9 Å². The Morgan fingerprint density at radius 2 is 1.81 bits per heavy atom. The van der Waals surface area contributed by atoms with Crippen LogP contribution in [0.4, 0.5) is 4.79 Å². The summed E-state index contributed by atoms with van der Waals surface area (Å²) in [5.74, 6) is 6.06. The normalized spacial score (nSPS) is 16.9. The molecule has 1 amide bonds. The van der Waals surface area contributed by atoms with Crippen LogP contribution in [0.5, 0.6) is 0 Å². The molecule has 1 spiro atoms. The zero-order valence-electron chi connectivity index (χ0n) is 21.0. The average Bonchev–Trinajstić information content (AvgIpc) is 2.86. The highest BCUT2D eigenvalue weighted by atomic mass is 16.7. The minimum Gasteiger partial charge on any atom is -0.437 e. The van der Waals surface area contributed by atoms with Gasteiger partial charge in [0, 0.05) is 37.7 Å². The van der Waals surface area contributed by atoms with Crippen molar-refractivity contribution in [3.63, 3.8) is 0 Å². The summed E-state index contributed by atoms with van der Waals surface area (Å²) in [6, 6.07) is 5.48. The molecule has 8 nitrogen and oxygen atoms in total. The van der Waals surface area contributed by atoms with Gasteiger partial charge in [0.1, 0.15) is 17.8 Å². The van der Waals surface area contributed by atoms with Gasteiger partial charge in [-0.1, -0.05) is 5.92 Å². The number of ketones is 1. The SMILES string of the molecule is CC#Cc1cc(C)c(C2=C(OC(=O)OC)CC3(CCN(C(=O)c4ccncn4)CC3)CC2=O)c(C)c1. The third kappa shape index (κ3) is 5.01. The molecule has 0 atom stereocenters. The summed E-state index contributed by atoms with van der Waals surface area (Å²) in [4.78, 5) is 48.4. The number of nitrogens with zero attached hydrogens (tertiary/aromatic N) is 3. The first-order valence-corrected chi connectivity index (χ1v) is 11.9. The lowest BCUT2D eigenvalue weighted by molar-refractivity contribution is -0.117. The van der Waals surface area contributed by atoms with E-state index in [2.05, 4.69) is 21.8 Å². The molecule has 0 N–H and O–H groups in total. The molecule has 0 unspecified atom stereocenters. The summed E-state index contributed by atoms with van der Waals surface area (Å²) in [7, 11) is 1.24. The molecule has 186 valence electrons. The van der Waals surface area contributed by atoms with Crippen LogP contribution in [0.15, 0.2) is 36.5 Å². The first-order valence-electron chi connectivity index (χ1n) is 11.9. The molecule has 1 aliphatic heterocycles. The summed E-state index contributed by atoms with van der Waals surface area (Å²) < 4.78 is 10.4. The van der Waals surface area contributed by atoms with E-state index in [4.69, 9.17) is 9.47 Å². The first kappa shape index (κ1) is 25.1. The summed E-state index contributed by atoms with van der Waals surface area (Å²) in [5, 5.41) is 0. The first-order chi connectivity index (χ1) is 17.3. The number of carbonyl (C=O) groups is 3. The van der Waals surface area contributed by atoms with Crippen LogP contribution >= 0.6 is 0 Å². The second-order valence-corrected chi connectivity index (χ2v) is 9.38. The van der Waals surface area contributed by atoms with Gasteiger partial charge in [-0.3, -0.25) is 9.59 Å². The molecule has 1 saturated heterocycles. The third-order valence-corrected chi connectivity index (χ3v) is 6.97. The Bertz CT molecular complexity index is 1270. The van der Waals surface area contributed by atoms with Gasteiger partial charge in [-0.15, -0.1) is 5.92 Å². The Labute approximate surface area is 210 Å². The van der Waals surface area contributed by atoms with Crippen molar-refractivity contribution in [1.82, 2.24) is 14.9 Å². The lowest BCUT2D eigenvalue weighted by Crippen LogP contribution is -2.45. The van der Waals surface area contributed by atoms with Crippen LogP contribution in [0.3, 0.4) is 0 Å². The van der Waals surface area contributed by atoms with E-state index in [-0.39, 0.29) is 11.7 Å². The van der Waals surface area contributed by atoms with Gasteiger partial charge in [0.15, 0.2) is 5.78 Å². The quantitative estimate of drug-likeness (QED) is 0.472. The fraction of sp³-hybridized carbons (Fsp3) is 0.393. The van der Waals surface area contributed by atoms with E-state index < -0.39 is 11.6 Å². The van der Waals surface area contributed by atoms with Crippen molar-refractivity contribution in [2.75, 3.05) is 20.2 Å². The van der Waals surface area contributed by atoms with Crippen LogP contribution in [0.25, 0.3) is 5.57 Å². The molecule has 2 aliphatic rings. The Hall–Kier alpha value is -3.99. The minimum atomic E-state index is -0.854. The van der Waals surface area contributed by atoms with Gasteiger partial charge >= 0.3 is 6.16 Å². The zero-order chi connectivity index (χ0) is 25.9. The Morgan fingerprint density at radius 1 is 1.11 bits per heavy atom. The maximum Gasteiger partial charge on any atom is 0.513 e. The molecule has 4 rings (SSSR count). The Morgan fingerprint density at radius 3 is 2.39 bits per heavy atom. The zero-order valence-corrected chi connectivity index (χ0v) is 21.0. The van der Waals surface area contributed by atoms with Crippen molar-refractivity contribution in [2.45, 2.75) is 46.5 Å².